The number of hydrogen-bond donors (Lipinski definition) is 0. The van der Waals surface area contributed by atoms with E-state index in [1.54, 1.807) is 23.9 Å². The van der Waals surface area contributed by atoms with E-state index in [9.17, 15) is 8.42 Å². The van der Waals surface area contributed by atoms with Crippen molar-refractivity contribution in [1.29, 1.82) is 0 Å². The molecular formula is C22H29N7O4S. The fourth-order valence-electron chi connectivity index (χ4n) is 3.91. The van der Waals surface area contributed by atoms with Crippen LogP contribution in [0.15, 0.2) is 18.7 Å². The molecular weight excluding hydrogens is 458 g/mol. The largest absolute Gasteiger partial charge is 0.479 e. The number of hydrogen-bond acceptors (Lipinski definition) is 10. The Morgan fingerprint density at radius 2 is 1.65 bits per heavy atom. The van der Waals surface area contributed by atoms with Crippen molar-refractivity contribution in [3.8, 4) is 17.4 Å². The molecule has 4 rings (SSSR count). The smallest absolute Gasteiger partial charge is 0.245 e. The van der Waals surface area contributed by atoms with Crippen LogP contribution in [0, 0.1) is 6.92 Å². The fraction of sp³-hybridized carbons (Fsp3) is 0.545. The van der Waals surface area contributed by atoms with Gasteiger partial charge < -0.3 is 9.47 Å². The number of aromatic nitrogens is 7. The van der Waals surface area contributed by atoms with Gasteiger partial charge in [-0.3, -0.25) is 4.57 Å². The summed E-state index contributed by atoms with van der Waals surface area (Å²) in [7, 11) is -0.694. The maximum Gasteiger partial charge on any atom is 0.245 e. The topological polar surface area (TPSA) is 135 Å². The first-order chi connectivity index (χ1) is 16.3. The van der Waals surface area contributed by atoms with Crippen molar-refractivity contribution >= 4 is 9.84 Å². The summed E-state index contributed by atoms with van der Waals surface area (Å²) in [5.41, 5.74) is 1.31. The zero-order chi connectivity index (χ0) is 24.5. The third-order valence-corrected chi connectivity index (χ3v) is 8.60. The van der Waals surface area contributed by atoms with Crippen LogP contribution >= 0.6 is 0 Å². The predicted molar refractivity (Wildman–Crippen MR) is 124 cm³/mol. The molecule has 3 aromatic rings. The Balaban J connectivity index is 1.74. The van der Waals surface area contributed by atoms with Crippen molar-refractivity contribution in [2.75, 3.05) is 14.2 Å². The molecule has 0 unspecified atom stereocenters. The van der Waals surface area contributed by atoms with Crippen LogP contribution in [-0.4, -0.2) is 62.6 Å². The average molecular weight is 488 g/mol. The summed E-state index contributed by atoms with van der Waals surface area (Å²) in [5.74, 6) is 1.33. The van der Waals surface area contributed by atoms with Crippen molar-refractivity contribution in [2.24, 2.45) is 0 Å². The standard InChI is InChI=1S/C22H29N7O4S/c1-13-9-23-19(24-10-13)14(2)15(3)34(30,31)11-17-27-28-20(16-7-6-8-16)29(17)18-21(32-4)25-12-26-22(18)33-5/h9-10,12,14-16H,6-8,11H2,1-5H3/t14-,15-/m0/s1. The average Bonchev–Trinajstić information content (AvgIpc) is 3.18. The molecule has 1 aliphatic carbocycles. The summed E-state index contributed by atoms with van der Waals surface area (Å²) in [6, 6.07) is 0. The zero-order valence-electron chi connectivity index (χ0n) is 20.0. The van der Waals surface area contributed by atoms with Gasteiger partial charge in [0.15, 0.2) is 21.3 Å². The molecule has 0 N–H and O–H groups in total. The second kappa shape index (κ2) is 9.61. The minimum atomic E-state index is -3.67. The van der Waals surface area contributed by atoms with Crippen molar-refractivity contribution in [2.45, 2.75) is 62.9 Å². The van der Waals surface area contributed by atoms with Gasteiger partial charge in [-0.15, -0.1) is 10.2 Å². The Morgan fingerprint density at radius 3 is 2.18 bits per heavy atom. The summed E-state index contributed by atoms with van der Waals surface area (Å²) < 4.78 is 39.6. The number of nitrogens with zero attached hydrogens (tertiary/aromatic N) is 7. The molecule has 1 saturated carbocycles. The highest BCUT2D eigenvalue weighted by molar-refractivity contribution is 7.91. The zero-order valence-corrected chi connectivity index (χ0v) is 20.8. The first-order valence-electron chi connectivity index (χ1n) is 11.1. The summed E-state index contributed by atoms with van der Waals surface area (Å²) in [4.78, 5) is 17.0. The van der Waals surface area contributed by atoms with Crippen molar-refractivity contribution < 1.29 is 17.9 Å². The van der Waals surface area contributed by atoms with Crippen LogP contribution in [0.25, 0.3) is 5.69 Å². The van der Waals surface area contributed by atoms with Crippen molar-refractivity contribution in [1.82, 2.24) is 34.7 Å². The summed E-state index contributed by atoms with van der Waals surface area (Å²) in [6.45, 7) is 5.37. The third-order valence-electron chi connectivity index (χ3n) is 6.40. The van der Waals surface area contributed by atoms with E-state index in [-0.39, 0.29) is 29.3 Å². The van der Waals surface area contributed by atoms with Gasteiger partial charge in [0.1, 0.15) is 23.7 Å². The molecule has 0 spiro atoms. The van der Waals surface area contributed by atoms with Crippen LogP contribution < -0.4 is 9.47 Å². The molecule has 3 aromatic heterocycles. The monoisotopic (exact) mass is 487 g/mol. The van der Waals surface area contributed by atoms with Crippen LogP contribution in [0.2, 0.25) is 0 Å². The number of sulfone groups is 1. The molecule has 182 valence electrons. The van der Waals surface area contributed by atoms with Gasteiger partial charge in [-0.05, 0) is 32.3 Å². The Labute approximate surface area is 198 Å². The van der Waals surface area contributed by atoms with Crippen LogP contribution in [0.3, 0.4) is 0 Å². The number of methoxy groups -OCH3 is 2. The number of rotatable bonds is 9. The lowest BCUT2D eigenvalue weighted by atomic mass is 9.85. The predicted octanol–water partition coefficient (Wildman–Crippen LogP) is 2.55. The van der Waals surface area contributed by atoms with Crippen LogP contribution in [0.4, 0.5) is 0 Å². The van der Waals surface area contributed by atoms with E-state index in [1.165, 1.54) is 20.5 Å². The molecule has 0 saturated heterocycles. The first kappa shape index (κ1) is 24.0. The lowest BCUT2D eigenvalue weighted by Gasteiger charge is -2.26. The van der Waals surface area contributed by atoms with Gasteiger partial charge in [0.05, 0.1) is 19.5 Å². The van der Waals surface area contributed by atoms with Crippen LogP contribution in [0.1, 0.15) is 68.0 Å². The Hall–Kier alpha value is -3.15. The molecule has 11 nitrogen and oxygen atoms in total. The SMILES string of the molecule is COc1ncnc(OC)c1-n1c(CS(=O)(=O)[C@@H](C)[C@H](C)c2ncc(C)cn2)nnc1C1CCC1. The lowest BCUT2D eigenvalue weighted by molar-refractivity contribution is 0.361. The highest BCUT2D eigenvalue weighted by Crippen LogP contribution is 2.40. The maximum absolute atomic E-state index is 13.5. The van der Waals surface area contributed by atoms with E-state index in [1.807, 2.05) is 13.8 Å². The molecule has 0 aromatic carbocycles. The quantitative estimate of drug-likeness (QED) is 0.443. The molecule has 0 radical (unpaired) electrons. The minimum Gasteiger partial charge on any atom is -0.479 e. The van der Waals surface area contributed by atoms with Gasteiger partial charge in [0.2, 0.25) is 11.8 Å². The van der Waals surface area contributed by atoms with E-state index in [4.69, 9.17) is 9.47 Å². The Morgan fingerprint density at radius 1 is 1.03 bits per heavy atom. The van der Waals surface area contributed by atoms with Gasteiger partial charge in [-0.2, -0.15) is 9.97 Å². The summed E-state index contributed by atoms with van der Waals surface area (Å²) in [5, 5.41) is 7.93. The van der Waals surface area contributed by atoms with E-state index in [0.29, 0.717) is 17.3 Å². The molecule has 0 bridgehead atoms. The normalized spacial score (nSPS) is 16.0. The van der Waals surface area contributed by atoms with Gasteiger partial charge in [0, 0.05) is 24.2 Å². The molecule has 34 heavy (non-hydrogen) atoms. The molecule has 0 amide bonds. The van der Waals surface area contributed by atoms with Gasteiger partial charge in [-0.1, -0.05) is 13.3 Å². The minimum absolute atomic E-state index is 0.163. The molecule has 1 fully saturated rings. The second-order valence-electron chi connectivity index (χ2n) is 8.60. The maximum atomic E-state index is 13.5. The summed E-state index contributed by atoms with van der Waals surface area (Å²) >= 11 is 0. The van der Waals surface area contributed by atoms with E-state index < -0.39 is 21.0 Å². The number of aryl methyl sites for hydroxylation is 1. The second-order valence-corrected chi connectivity index (χ2v) is 11.0. The molecule has 0 aliphatic heterocycles. The van der Waals surface area contributed by atoms with Crippen molar-refractivity contribution in [3.05, 3.63) is 41.8 Å². The van der Waals surface area contributed by atoms with E-state index in [2.05, 4.69) is 30.1 Å². The summed E-state index contributed by atoms with van der Waals surface area (Å²) in [6.07, 6.45) is 7.68. The van der Waals surface area contributed by atoms with Gasteiger partial charge in [0.25, 0.3) is 0 Å². The third kappa shape index (κ3) is 4.46. The van der Waals surface area contributed by atoms with Crippen LogP contribution in [-0.2, 0) is 15.6 Å². The fourth-order valence-corrected chi connectivity index (χ4v) is 5.46. The van der Waals surface area contributed by atoms with E-state index in [0.717, 1.165) is 24.8 Å². The van der Waals surface area contributed by atoms with Crippen molar-refractivity contribution in [3.63, 3.8) is 0 Å². The van der Waals surface area contributed by atoms with E-state index >= 15 is 0 Å². The molecule has 12 heteroatoms. The highest BCUT2D eigenvalue weighted by Gasteiger charge is 2.35. The Bertz CT molecular complexity index is 1230. The molecule has 1 aliphatic rings. The van der Waals surface area contributed by atoms with Gasteiger partial charge >= 0.3 is 0 Å². The van der Waals surface area contributed by atoms with Gasteiger partial charge in [-0.25, -0.2) is 18.4 Å². The number of ether oxygens (including phenoxy) is 2. The first-order valence-corrected chi connectivity index (χ1v) is 12.9. The molecule has 2 atom stereocenters. The lowest BCUT2D eigenvalue weighted by Crippen LogP contribution is -2.28. The highest BCUT2D eigenvalue weighted by atomic mass is 32.2. The molecule has 3 heterocycles. The van der Waals surface area contributed by atoms with Crippen LogP contribution in [0.5, 0.6) is 11.8 Å². The Kier molecular flexibility index (Phi) is 6.78.